The Kier molecular flexibility index (Phi) is 4.35. The number of nitriles is 1. The molecule has 1 aromatic heterocycles. The molecule has 0 amide bonds. The predicted molar refractivity (Wildman–Crippen MR) is 71.9 cm³/mol. The average Bonchev–Trinajstić information content (AvgIpc) is 2.94. The predicted octanol–water partition coefficient (Wildman–Crippen LogP) is 3.17. The zero-order valence-electron chi connectivity index (χ0n) is 10.8. The maximum Gasteiger partial charge on any atom is 0.326 e. The Labute approximate surface area is 120 Å². The van der Waals surface area contributed by atoms with Crippen molar-refractivity contribution in [1.82, 2.24) is 0 Å². The molecule has 1 aliphatic rings. The monoisotopic (exact) mass is 294 g/mol. The Morgan fingerprint density at radius 3 is 2.75 bits per heavy atom. The van der Waals surface area contributed by atoms with Crippen LogP contribution in [-0.2, 0) is 16.1 Å². The fraction of sp³-hybridized carbons (Fsp3) is 0.538. The number of thiophene rings is 1. The lowest BCUT2D eigenvalue weighted by atomic mass is 9.75. The molecule has 1 aromatic rings. The minimum absolute atomic E-state index is 0.0173. The van der Waals surface area contributed by atoms with Crippen molar-refractivity contribution < 1.29 is 14.5 Å². The summed E-state index contributed by atoms with van der Waals surface area (Å²) in [7, 11) is 0. The van der Waals surface area contributed by atoms with Crippen molar-refractivity contribution in [2.24, 2.45) is 5.41 Å². The van der Waals surface area contributed by atoms with Crippen LogP contribution in [0.2, 0.25) is 0 Å². The maximum absolute atomic E-state index is 12.1. The van der Waals surface area contributed by atoms with Crippen LogP contribution in [0.25, 0.3) is 0 Å². The summed E-state index contributed by atoms with van der Waals surface area (Å²) in [6.45, 7) is -0.0212. The summed E-state index contributed by atoms with van der Waals surface area (Å²) in [6, 6.07) is 3.48. The van der Waals surface area contributed by atoms with Crippen LogP contribution in [-0.4, -0.2) is 10.9 Å². The minimum atomic E-state index is -1.03. The molecule has 0 aromatic carbocycles. The highest BCUT2D eigenvalue weighted by Gasteiger charge is 2.41. The Hall–Kier alpha value is -1.94. The molecule has 6 nitrogen and oxygen atoms in total. The van der Waals surface area contributed by atoms with Crippen molar-refractivity contribution in [2.75, 3.05) is 0 Å². The highest BCUT2D eigenvalue weighted by atomic mass is 32.1. The number of rotatable bonds is 4. The smallest absolute Gasteiger partial charge is 0.326 e. The van der Waals surface area contributed by atoms with Gasteiger partial charge in [0.25, 0.3) is 0 Å². The van der Waals surface area contributed by atoms with Gasteiger partial charge >= 0.3 is 11.0 Å². The Balaban J connectivity index is 1.97. The molecule has 1 aliphatic carbocycles. The molecule has 0 unspecified atom stereocenters. The van der Waals surface area contributed by atoms with Crippen LogP contribution in [0.1, 0.15) is 37.7 Å². The summed E-state index contributed by atoms with van der Waals surface area (Å²) >= 11 is 0.994. The Morgan fingerprint density at radius 1 is 1.50 bits per heavy atom. The second-order valence-corrected chi connectivity index (χ2v) is 5.77. The summed E-state index contributed by atoms with van der Waals surface area (Å²) in [6.07, 6.45) is 3.81. The van der Waals surface area contributed by atoms with Crippen LogP contribution in [0, 0.1) is 26.9 Å². The lowest BCUT2D eigenvalue weighted by molar-refractivity contribution is -0.380. The van der Waals surface area contributed by atoms with Crippen molar-refractivity contribution in [3.63, 3.8) is 0 Å². The first-order chi connectivity index (χ1) is 9.57. The summed E-state index contributed by atoms with van der Waals surface area (Å²) in [5.41, 5.74) is -0.445. The van der Waals surface area contributed by atoms with Gasteiger partial charge in [0, 0.05) is 17.0 Å². The maximum atomic E-state index is 12.1. The fourth-order valence-electron chi connectivity index (χ4n) is 2.34. The van der Waals surface area contributed by atoms with Crippen molar-refractivity contribution in [3.8, 4) is 6.07 Å². The van der Waals surface area contributed by atoms with Crippen LogP contribution < -0.4 is 0 Å². The number of esters is 1. The summed E-state index contributed by atoms with van der Waals surface area (Å²) in [5.74, 6) is -0.506. The minimum Gasteiger partial charge on any atom is -0.460 e. The first-order valence-electron chi connectivity index (χ1n) is 6.38. The van der Waals surface area contributed by atoms with Gasteiger partial charge in [0.2, 0.25) is 0 Å². The van der Waals surface area contributed by atoms with Gasteiger partial charge in [0.1, 0.15) is 6.61 Å². The molecule has 1 fully saturated rings. The van der Waals surface area contributed by atoms with Gasteiger partial charge in [-0.05, 0) is 12.8 Å². The Bertz CT molecular complexity index is 555. The second kappa shape index (κ2) is 6.01. The van der Waals surface area contributed by atoms with Crippen LogP contribution >= 0.6 is 11.3 Å². The second-order valence-electron chi connectivity index (χ2n) is 4.88. The standard InChI is InChI=1S/C13H14N2O4S/c14-9-13(4-2-1-3-5-13)12(16)19-7-10-6-11(15(17)18)20-8-10/h6,8H,1-5,7H2. The first kappa shape index (κ1) is 14.5. The number of carbonyl (C=O) groups excluding carboxylic acids is 1. The van der Waals surface area contributed by atoms with Crippen LogP contribution in [0.5, 0.6) is 0 Å². The van der Waals surface area contributed by atoms with E-state index in [1.54, 1.807) is 5.38 Å². The van der Waals surface area contributed by atoms with E-state index in [1.807, 2.05) is 0 Å². The molecule has 0 saturated heterocycles. The molecule has 20 heavy (non-hydrogen) atoms. The quantitative estimate of drug-likeness (QED) is 0.483. The third kappa shape index (κ3) is 2.96. The fourth-order valence-corrected chi connectivity index (χ4v) is 3.05. The first-order valence-corrected chi connectivity index (χ1v) is 7.26. The molecule has 0 radical (unpaired) electrons. The van der Waals surface area contributed by atoms with Crippen molar-refractivity contribution in [2.45, 2.75) is 38.7 Å². The number of hydrogen-bond acceptors (Lipinski definition) is 6. The van der Waals surface area contributed by atoms with Gasteiger partial charge in [-0.3, -0.25) is 14.9 Å². The van der Waals surface area contributed by atoms with E-state index in [1.165, 1.54) is 6.07 Å². The number of nitrogens with zero attached hydrogens (tertiary/aromatic N) is 2. The molecule has 0 aliphatic heterocycles. The number of ether oxygens (including phenoxy) is 1. The number of hydrogen-bond donors (Lipinski definition) is 0. The van der Waals surface area contributed by atoms with E-state index in [9.17, 15) is 20.2 Å². The summed E-state index contributed by atoms with van der Waals surface area (Å²) in [5, 5.41) is 21.4. The molecular weight excluding hydrogens is 280 g/mol. The molecule has 7 heteroatoms. The van der Waals surface area contributed by atoms with Gasteiger partial charge in [0.05, 0.1) is 11.0 Å². The van der Waals surface area contributed by atoms with Crippen LogP contribution in [0.3, 0.4) is 0 Å². The molecule has 1 saturated carbocycles. The molecule has 2 rings (SSSR count). The molecule has 0 bridgehead atoms. The topological polar surface area (TPSA) is 93.2 Å². The third-order valence-electron chi connectivity index (χ3n) is 3.50. The van der Waals surface area contributed by atoms with Gasteiger partial charge in [-0.1, -0.05) is 30.6 Å². The largest absolute Gasteiger partial charge is 0.460 e. The van der Waals surface area contributed by atoms with Gasteiger partial charge < -0.3 is 4.74 Å². The zero-order valence-corrected chi connectivity index (χ0v) is 11.6. The van der Waals surface area contributed by atoms with Gasteiger partial charge in [-0.2, -0.15) is 5.26 Å². The SMILES string of the molecule is N#CC1(C(=O)OCc2csc([N+](=O)[O-])c2)CCCCC1. The molecule has 0 spiro atoms. The highest BCUT2D eigenvalue weighted by molar-refractivity contribution is 7.13. The van der Waals surface area contributed by atoms with Crippen LogP contribution in [0.4, 0.5) is 5.00 Å². The van der Waals surface area contributed by atoms with E-state index in [-0.39, 0.29) is 11.6 Å². The number of carbonyl (C=O) groups is 1. The average molecular weight is 294 g/mol. The van der Waals surface area contributed by atoms with Crippen molar-refractivity contribution in [1.29, 1.82) is 5.26 Å². The molecule has 1 heterocycles. The normalized spacial score (nSPS) is 17.1. The van der Waals surface area contributed by atoms with Gasteiger partial charge in [-0.25, -0.2) is 0 Å². The lowest BCUT2D eigenvalue weighted by Gasteiger charge is -2.28. The van der Waals surface area contributed by atoms with Crippen LogP contribution in [0.15, 0.2) is 11.4 Å². The van der Waals surface area contributed by atoms with E-state index in [0.29, 0.717) is 18.4 Å². The van der Waals surface area contributed by atoms with E-state index >= 15 is 0 Å². The molecule has 106 valence electrons. The molecule has 0 N–H and O–H groups in total. The molecule has 0 atom stereocenters. The lowest BCUT2D eigenvalue weighted by Crippen LogP contribution is -2.33. The van der Waals surface area contributed by atoms with Gasteiger partial charge in [0.15, 0.2) is 5.41 Å². The summed E-state index contributed by atoms with van der Waals surface area (Å²) < 4.78 is 5.18. The zero-order chi connectivity index (χ0) is 14.6. The Morgan fingerprint density at radius 2 is 2.20 bits per heavy atom. The highest BCUT2D eigenvalue weighted by Crippen LogP contribution is 2.37. The van der Waals surface area contributed by atoms with E-state index in [4.69, 9.17) is 4.74 Å². The van der Waals surface area contributed by atoms with E-state index < -0.39 is 16.3 Å². The summed E-state index contributed by atoms with van der Waals surface area (Å²) in [4.78, 5) is 22.2. The number of nitro groups is 1. The van der Waals surface area contributed by atoms with Gasteiger partial charge in [-0.15, -0.1) is 0 Å². The third-order valence-corrected chi connectivity index (χ3v) is 4.43. The van der Waals surface area contributed by atoms with Crippen molar-refractivity contribution >= 4 is 22.3 Å². The molecular formula is C13H14N2O4S. The van der Waals surface area contributed by atoms with E-state index in [0.717, 1.165) is 30.6 Å². The van der Waals surface area contributed by atoms with E-state index in [2.05, 4.69) is 6.07 Å². The van der Waals surface area contributed by atoms with Crippen molar-refractivity contribution in [3.05, 3.63) is 27.1 Å².